The van der Waals surface area contributed by atoms with Crippen LogP contribution in [-0.2, 0) is 15.3 Å². The van der Waals surface area contributed by atoms with Crippen molar-refractivity contribution in [2.75, 3.05) is 6.61 Å². The highest BCUT2D eigenvalue weighted by atomic mass is 31.1. The van der Waals surface area contributed by atoms with Gasteiger partial charge < -0.3 is 5.11 Å². The number of aromatic hydroxyl groups is 1. The quantitative estimate of drug-likeness (QED) is 0.598. The second-order valence-corrected chi connectivity index (χ2v) is 4.58. The molecule has 0 spiro atoms. The lowest BCUT2D eigenvalue weighted by Crippen LogP contribution is -1.87. The number of hydrogen-bond acceptors (Lipinski definition) is 3. The van der Waals surface area contributed by atoms with E-state index in [1.54, 1.807) is 24.3 Å². The average Bonchev–Trinajstić information content (AvgIpc) is 2.22. The van der Waals surface area contributed by atoms with Gasteiger partial charge in [-0.25, -0.2) is 0 Å². The lowest BCUT2D eigenvalue weighted by molar-refractivity contribution is 0.320. The van der Waals surface area contributed by atoms with Crippen LogP contribution in [0.1, 0.15) is 25.3 Å². The molecule has 1 N–H and O–H groups in total. The Morgan fingerprint density at radius 3 is 2.60 bits per heavy atom. The van der Waals surface area contributed by atoms with Crippen molar-refractivity contribution in [3.63, 3.8) is 0 Å². The summed E-state index contributed by atoms with van der Waals surface area (Å²) in [5.74, 6) is 0.223. The van der Waals surface area contributed by atoms with Crippen molar-refractivity contribution >= 4 is 8.03 Å². The molecule has 1 aromatic carbocycles. The topological polar surface area (TPSA) is 46.5 Å². The van der Waals surface area contributed by atoms with Gasteiger partial charge in [0.15, 0.2) is 0 Å². The monoisotopic (exact) mass is 227 g/mol. The number of phenols is 1. The second-order valence-electron chi connectivity index (χ2n) is 3.34. The molecule has 0 heterocycles. The van der Waals surface area contributed by atoms with Crippen LogP contribution in [0.3, 0.4) is 0 Å². The molecule has 0 aromatic heterocycles. The lowest BCUT2D eigenvalue weighted by atomic mass is 10.2. The first-order chi connectivity index (χ1) is 7.22. The summed E-state index contributed by atoms with van der Waals surface area (Å²) in [6.07, 6.45) is 2.40. The van der Waals surface area contributed by atoms with Crippen LogP contribution in [0, 0.1) is 0 Å². The van der Waals surface area contributed by atoms with Gasteiger partial charge in [-0.3, -0.25) is 0 Å². The molecule has 82 valence electrons. The molecule has 0 fully saturated rings. The molecule has 0 saturated heterocycles. The van der Waals surface area contributed by atoms with Gasteiger partial charge in [0, 0.05) is 5.56 Å². The molecule has 1 atom stereocenters. The van der Waals surface area contributed by atoms with Crippen LogP contribution in [0.5, 0.6) is 5.75 Å². The summed E-state index contributed by atoms with van der Waals surface area (Å²) in [6.45, 7) is 2.63. The van der Waals surface area contributed by atoms with Crippen LogP contribution in [0.15, 0.2) is 24.3 Å². The fourth-order valence-electron chi connectivity index (χ4n) is 1.11. The lowest BCUT2D eigenvalue weighted by Gasteiger charge is -1.94. The predicted octanol–water partition coefficient (Wildman–Crippen LogP) is 3.45. The van der Waals surface area contributed by atoms with Gasteiger partial charge in [-0.05, 0) is 23.1 Å². The maximum Gasteiger partial charge on any atom is 0.512 e. The largest absolute Gasteiger partial charge is 0.512 e. The summed E-state index contributed by atoms with van der Waals surface area (Å²) in [5, 5.41) is 9.06. The Balaban J connectivity index is 2.34. The Bertz CT molecular complexity index is 308. The van der Waals surface area contributed by atoms with Gasteiger partial charge in [0.05, 0.1) is 0 Å². The molecule has 0 saturated carbocycles. The Morgan fingerprint density at radius 1 is 1.33 bits per heavy atom. The minimum absolute atomic E-state index is 0.223. The Hall–Kier alpha value is -0.920. The van der Waals surface area contributed by atoms with Crippen LogP contribution in [-0.4, -0.2) is 11.7 Å². The van der Waals surface area contributed by atoms with Gasteiger partial charge in [0.25, 0.3) is 0 Å². The van der Waals surface area contributed by atoms with E-state index < -0.39 is 8.03 Å². The van der Waals surface area contributed by atoms with Crippen molar-refractivity contribution < 1.29 is 14.2 Å². The Labute approximate surface area is 91.0 Å². The molecule has 0 aliphatic rings. The highest BCUT2D eigenvalue weighted by Crippen LogP contribution is 2.28. The molecular formula is C11H16O3P+. The minimum Gasteiger partial charge on any atom is -0.508 e. The molecule has 3 nitrogen and oxygen atoms in total. The van der Waals surface area contributed by atoms with Crippen LogP contribution < -0.4 is 0 Å². The summed E-state index contributed by atoms with van der Waals surface area (Å²) in [4.78, 5) is 0. The fraction of sp³-hybridized carbons (Fsp3) is 0.455. The van der Waals surface area contributed by atoms with Gasteiger partial charge in [0.1, 0.15) is 12.4 Å². The van der Waals surface area contributed by atoms with Crippen molar-refractivity contribution in [2.45, 2.75) is 25.9 Å². The van der Waals surface area contributed by atoms with E-state index in [0.29, 0.717) is 12.8 Å². The summed E-state index contributed by atoms with van der Waals surface area (Å²) < 4.78 is 16.6. The van der Waals surface area contributed by atoms with Gasteiger partial charge in [-0.15, -0.1) is 4.52 Å². The zero-order chi connectivity index (χ0) is 11.1. The van der Waals surface area contributed by atoms with Crippen molar-refractivity contribution in [1.82, 2.24) is 0 Å². The third-order valence-electron chi connectivity index (χ3n) is 1.98. The molecular weight excluding hydrogens is 211 g/mol. The van der Waals surface area contributed by atoms with E-state index in [1.165, 1.54) is 0 Å². The fourth-order valence-corrected chi connectivity index (χ4v) is 2.04. The van der Waals surface area contributed by atoms with Crippen LogP contribution in [0.2, 0.25) is 0 Å². The second kappa shape index (κ2) is 6.54. The van der Waals surface area contributed by atoms with E-state index in [0.717, 1.165) is 18.4 Å². The van der Waals surface area contributed by atoms with E-state index in [9.17, 15) is 4.57 Å². The molecule has 0 radical (unpaired) electrons. The first-order valence-electron chi connectivity index (χ1n) is 5.08. The summed E-state index contributed by atoms with van der Waals surface area (Å²) >= 11 is 0. The van der Waals surface area contributed by atoms with Crippen LogP contribution >= 0.6 is 8.03 Å². The predicted molar refractivity (Wildman–Crippen MR) is 60.3 cm³/mol. The Kier molecular flexibility index (Phi) is 5.30. The molecule has 4 heteroatoms. The maximum absolute atomic E-state index is 11.4. The first-order valence-corrected chi connectivity index (χ1v) is 6.44. The summed E-state index contributed by atoms with van der Waals surface area (Å²) in [5.41, 5.74) is 0.922. The molecule has 1 unspecified atom stereocenters. The molecule has 0 amide bonds. The smallest absolute Gasteiger partial charge is 0.508 e. The Morgan fingerprint density at radius 2 is 2.00 bits per heavy atom. The molecule has 0 aliphatic carbocycles. The highest BCUT2D eigenvalue weighted by Gasteiger charge is 2.17. The van der Waals surface area contributed by atoms with Gasteiger partial charge in [0.2, 0.25) is 6.16 Å². The third-order valence-corrected chi connectivity index (χ3v) is 3.08. The zero-order valence-electron chi connectivity index (χ0n) is 8.85. The van der Waals surface area contributed by atoms with E-state index in [-0.39, 0.29) is 5.75 Å². The van der Waals surface area contributed by atoms with Crippen molar-refractivity contribution in [3.05, 3.63) is 29.8 Å². The summed E-state index contributed by atoms with van der Waals surface area (Å²) in [6, 6.07) is 6.69. The van der Waals surface area contributed by atoms with Gasteiger partial charge >= 0.3 is 8.03 Å². The van der Waals surface area contributed by atoms with Gasteiger partial charge in [-0.2, -0.15) is 0 Å². The van der Waals surface area contributed by atoms with Crippen molar-refractivity contribution in [3.8, 4) is 5.75 Å². The maximum atomic E-state index is 11.4. The minimum atomic E-state index is -1.61. The number of unbranched alkanes of at least 4 members (excludes halogenated alkanes) is 1. The van der Waals surface area contributed by atoms with E-state index >= 15 is 0 Å². The third kappa shape index (κ3) is 4.91. The molecule has 1 rings (SSSR count). The normalized spacial score (nSPS) is 11.4. The molecule has 0 aliphatic heterocycles. The summed E-state index contributed by atoms with van der Waals surface area (Å²) in [7, 11) is -1.61. The first kappa shape index (κ1) is 12.2. The number of benzene rings is 1. The standard InChI is InChI=1S/C11H15O3P/c1-2-3-8-14-15(13)9-10-4-6-11(12)7-5-10/h4-7H,2-3,8-9H2,1H3/p+1. The van der Waals surface area contributed by atoms with E-state index in [4.69, 9.17) is 9.63 Å². The van der Waals surface area contributed by atoms with Crippen LogP contribution in [0.4, 0.5) is 0 Å². The number of hydrogen-bond donors (Lipinski definition) is 1. The number of phenolic OH excluding ortho intramolecular Hbond substituents is 1. The number of rotatable bonds is 6. The zero-order valence-corrected chi connectivity index (χ0v) is 9.74. The van der Waals surface area contributed by atoms with Crippen LogP contribution in [0.25, 0.3) is 0 Å². The van der Waals surface area contributed by atoms with E-state index in [2.05, 4.69) is 6.92 Å². The average molecular weight is 227 g/mol. The molecule has 15 heavy (non-hydrogen) atoms. The van der Waals surface area contributed by atoms with Crippen molar-refractivity contribution in [2.24, 2.45) is 0 Å². The van der Waals surface area contributed by atoms with Crippen molar-refractivity contribution in [1.29, 1.82) is 0 Å². The highest BCUT2D eigenvalue weighted by molar-refractivity contribution is 7.38. The van der Waals surface area contributed by atoms with E-state index in [1.807, 2.05) is 0 Å². The SMILES string of the molecule is CCCCO[P+](=O)Cc1ccc(O)cc1. The van der Waals surface area contributed by atoms with Gasteiger partial charge in [-0.1, -0.05) is 25.5 Å². The molecule has 1 aromatic rings. The molecule has 0 bridgehead atoms.